The molecule has 0 saturated carbocycles. The van der Waals surface area contributed by atoms with Gasteiger partial charge in [-0.2, -0.15) is 0 Å². The first-order valence-corrected chi connectivity index (χ1v) is 5.87. The summed E-state index contributed by atoms with van der Waals surface area (Å²) in [4.78, 5) is 9.32. The van der Waals surface area contributed by atoms with E-state index in [0.29, 0.717) is 0 Å². The SMILES string of the molecule is C[As](C)N=O. The van der Waals surface area contributed by atoms with Crippen LogP contribution in [-0.2, 0) is 0 Å². The van der Waals surface area contributed by atoms with Crippen LogP contribution < -0.4 is 0 Å². The molecule has 0 radical (unpaired) electrons. The van der Waals surface area contributed by atoms with E-state index in [-0.39, 0.29) is 0 Å². The minimum absolute atomic E-state index is 1.13. The van der Waals surface area contributed by atoms with Crippen molar-refractivity contribution in [3.63, 3.8) is 0 Å². The van der Waals surface area contributed by atoms with Gasteiger partial charge in [0.1, 0.15) is 0 Å². The van der Waals surface area contributed by atoms with E-state index < -0.39 is 14.9 Å². The van der Waals surface area contributed by atoms with Crippen LogP contribution in [0.5, 0.6) is 0 Å². The molecule has 0 amide bonds. The van der Waals surface area contributed by atoms with Crippen LogP contribution in [-0.4, -0.2) is 14.9 Å². The van der Waals surface area contributed by atoms with E-state index in [1.165, 1.54) is 0 Å². The summed E-state index contributed by atoms with van der Waals surface area (Å²) in [6, 6.07) is 0. The minimum atomic E-state index is -1.13. The Balaban J connectivity index is 2.83. The molecule has 0 spiro atoms. The number of rotatable bonds is 1. The van der Waals surface area contributed by atoms with Crippen LogP contribution in [0.15, 0.2) is 4.09 Å². The molecule has 0 aliphatic carbocycles. The first-order chi connectivity index (χ1) is 2.27. The Bertz CT molecular complexity index is 36.6. The molecular weight excluding hydrogens is 129 g/mol. The number of nitroso groups, excluding NO2 is 1. The fourth-order valence-corrected chi connectivity index (χ4v) is 0. The molecule has 0 fully saturated rings. The summed E-state index contributed by atoms with van der Waals surface area (Å²) in [7, 11) is 0. The Hall–Kier alpha value is 0.158. The second-order valence-electron chi connectivity index (χ2n) is 0.929. The summed E-state index contributed by atoms with van der Waals surface area (Å²) in [6.45, 7) is 0. The first kappa shape index (κ1) is 5.16. The third-order valence-corrected chi connectivity index (χ3v) is 0.849. The van der Waals surface area contributed by atoms with Gasteiger partial charge in [-0.05, 0) is 0 Å². The summed E-state index contributed by atoms with van der Waals surface area (Å²) in [5, 5.41) is 0. The van der Waals surface area contributed by atoms with E-state index in [1.807, 2.05) is 11.4 Å². The van der Waals surface area contributed by atoms with Crippen LogP contribution in [0.25, 0.3) is 0 Å². The molecular formula is C2H6AsNO. The normalized spacial score (nSPS) is 8.60. The molecule has 0 aromatic rings. The molecule has 5 heavy (non-hydrogen) atoms. The molecule has 0 aromatic carbocycles. The maximum atomic E-state index is 9.32. The second kappa shape index (κ2) is 2.40. The van der Waals surface area contributed by atoms with E-state index in [0.717, 1.165) is 0 Å². The van der Waals surface area contributed by atoms with Crippen LogP contribution >= 0.6 is 0 Å². The average Bonchev–Trinajstić information content (AvgIpc) is 1.38. The Labute approximate surface area is 36.0 Å². The zero-order chi connectivity index (χ0) is 4.28. The molecule has 0 atom stereocenters. The second-order valence-corrected chi connectivity index (χ2v) is 4.83. The standard InChI is InChI=1S/C2H6AsNO/c1-3(2)4-5/h1-2H3. The van der Waals surface area contributed by atoms with E-state index in [2.05, 4.69) is 4.09 Å². The molecule has 0 saturated heterocycles. The Morgan fingerprint density at radius 2 is 1.80 bits per heavy atom. The molecule has 0 N–H and O–H groups in total. The summed E-state index contributed by atoms with van der Waals surface area (Å²) >= 11 is -1.13. The number of nitrogens with zero attached hydrogens (tertiary/aromatic N) is 1. The van der Waals surface area contributed by atoms with Gasteiger partial charge in [0.05, 0.1) is 0 Å². The van der Waals surface area contributed by atoms with E-state index >= 15 is 0 Å². The van der Waals surface area contributed by atoms with Crippen molar-refractivity contribution in [2.75, 3.05) is 0 Å². The van der Waals surface area contributed by atoms with Gasteiger partial charge in [0, 0.05) is 0 Å². The summed E-state index contributed by atoms with van der Waals surface area (Å²) < 4.78 is 2.78. The predicted octanol–water partition coefficient (Wildman–Crippen LogP) is 1.00. The van der Waals surface area contributed by atoms with Gasteiger partial charge >= 0.3 is 35.3 Å². The molecule has 3 heteroatoms. The van der Waals surface area contributed by atoms with Crippen molar-refractivity contribution < 1.29 is 0 Å². The quantitative estimate of drug-likeness (QED) is 0.389. The Kier molecular flexibility index (Phi) is 2.47. The van der Waals surface area contributed by atoms with Crippen molar-refractivity contribution in [2.45, 2.75) is 11.4 Å². The Morgan fingerprint density at radius 3 is 1.80 bits per heavy atom. The molecule has 0 heterocycles. The summed E-state index contributed by atoms with van der Waals surface area (Å²) in [5.74, 6) is 0. The van der Waals surface area contributed by atoms with Gasteiger partial charge in [0.25, 0.3) is 0 Å². The van der Waals surface area contributed by atoms with E-state index in [9.17, 15) is 4.91 Å². The average molecular weight is 135 g/mol. The zero-order valence-corrected chi connectivity index (χ0v) is 5.18. The van der Waals surface area contributed by atoms with Crippen LogP contribution in [0.1, 0.15) is 0 Å². The topological polar surface area (TPSA) is 29.4 Å². The van der Waals surface area contributed by atoms with Crippen molar-refractivity contribution in [3.8, 4) is 0 Å². The van der Waals surface area contributed by atoms with Crippen molar-refractivity contribution in [2.24, 2.45) is 4.09 Å². The van der Waals surface area contributed by atoms with Gasteiger partial charge in [-0.25, -0.2) is 0 Å². The van der Waals surface area contributed by atoms with Crippen LogP contribution in [0.2, 0.25) is 11.4 Å². The first-order valence-electron chi connectivity index (χ1n) is 1.28. The van der Waals surface area contributed by atoms with E-state index in [1.54, 1.807) is 0 Å². The molecule has 0 rings (SSSR count). The fraction of sp³-hybridized carbons (Fsp3) is 1.00. The van der Waals surface area contributed by atoms with Crippen molar-refractivity contribution in [1.29, 1.82) is 0 Å². The number of hydrogen-bond acceptors (Lipinski definition) is 2. The van der Waals surface area contributed by atoms with Gasteiger partial charge in [-0.3, -0.25) is 0 Å². The van der Waals surface area contributed by atoms with Crippen molar-refractivity contribution >= 4 is 14.9 Å². The van der Waals surface area contributed by atoms with Crippen LogP contribution in [0, 0.1) is 4.91 Å². The van der Waals surface area contributed by atoms with Crippen molar-refractivity contribution in [1.82, 2.24) is 0 Å². The fourth-order valence-electron chi connectivity index (χ4n) is 0. The molecule has 0 aromatic heterocycles. The van der Waals surface area contributed by atoms with Gasteiger partial charge in [-0.1, -0.05) is 0 Å². The third kappa shape index (κ3) is 4.16. The molecule has 0 unspecified atom stereocenters. The van der Waals surface area contributed by atoms with Crippen molar-refractivity contribution in [3.05, 3.63) is 4.91 Å². The summed E-state index contributed by atoms with van der Waals surface area (Å²) in [6.07, 6.45) is 0. The van der Waals surface area contributed by atoms with Crippen LogP contribution in [0.4, 0.5) is 0 Å². The summed E-state index contributed by atoms with van der Waals surface area (Å²) in [5.41, 5.74) is 3.78. The van der Waals surface area contributed by atoms with Gasteiger partial charge in [0.2, 0.25) is 0 Å². The zero-order valence-electron chi connectivity index (χ0n) is 3.30. The van der Waals surface area contributed by atoms with Gasteiger partial charge in [-0.15, -0.1) is 0 Å². The van der Waals surface area contributed by atoms with Gasteiger partial charge in [0.15, 0.2) is 0 Å². The molecule has 0 bridgehead atoms. The molecule has 0 aliphatic rings. The molecule has 2 nitrogen and oxygen atoms in total. The molecule has 30 valence electrons. The molecule has 0 aliphatic heterocycles. The predicted molar refractivity (Wildman–Crippen MR) is 23.3 cm³/mol. The maximum absolute atomic E-state index is 9.32. The van der Waals surface area contributed by atoms with Crippen LogP contribution in [0.3, 0.4) is 0 Å². The van der Waals surface area contributed by atoms with Gasteiger partial charge < -0.3 is 0 Å². The monoisotopic (exact) mass is 135 g/mol. The number of hydrogen-bond donors (Lipinski definition) is 0. The third-order valence-electron chi connectivity index (χ3n) is 0.163. The van der Waals surface area contributed by atoms with E-state index in [4.69, 9.17) is 0 Å². The Morgan fingerprint density at radius 1 is 1.60 bits per heavy atom.